The number of benzene rings is 1. The van der Waals surface area contributed by atoms with Crippen LogP contribution in [0.3, 0.4) is 0 Å². The Morgan fingerprint density at radius 2 is 1.95 bits per heavy atom. The average molecular weight is 275 g/mol. The van der Waals surface area contributed by atoms with Gasteiger partial charge in [-0.1, -0.05) is 55.2 Å². The SMILES string of the molecule is CCCCC(CCCC(=O)O)(N=[N+]=[N-])c1ccccc1. The van der Waals surface area contributed by atoms with Crippen molar-refractivity contribution in [1.29, 1.82) is 0 Å². The largest absolute Gasteiger partial charge is 0.481 e. The smallest absolute Gasteiger partial charge is 0.303 e. The lowest BCUT2D eigenvalue weighted by Crippen LogP contribution is -2.23. The topological polar surface area (TPSA) is 86.1 Å². The summed E-state index contributed by atoms with van der Waals surface area (Å²) in [5, 5.41) is 12.8. The molecule has 0 saturated heterocycles. The summed E-state index contributed by atoms with van der Waals surface area (Å²) >= 11 is 0. The summed E-state index contributed by atoms with van der Waals surface area (Å²) in [6.45, 7) is 2.09. The van der Waals surface area contributed by atoms with Crippen LogP contribution in [0.5, 0.6) is 0 Å². The lowest BCUT2D eigenvalue weighted by atomic mass is 9.81. The van der Waals surface area contributed by atoms with Gasteiger partial charge in [0, 0.05) is 11.3 Å². The summed E-state index contributed by atoms with van der Waals surface area (Å²) in [4.78, 5) is 13.7. The Hall–Kier alpha value is -2.00. The molecule has 0 aliphatic heterocycles. The molecule has 5 heteroatoms. The van der Waals surface area contributed by atoms with Gasteiger partial charge < -0.3 is 5.11 Å². The molecule has 0 aromatic heterocycles. The second-order valence-corrected chi connectivity index (χ2v) is 4.94. The third-order valence-corrected chi connectivity index (χ3v) is 3.47. The zero-order valence-corrected chi connectivity index (χ0v) is 11.8. The number of nitrogens with zero attached hydrogens (tertiary/aromatic N) is 3. The molecule has 0 fully saturated rings. The molecule has 0 radical (unpaired) electrons. The highest BCUT2D eigenvalue weighted by atomic mass is 16.4. The summed E-state index contributed by atoms with van der Waals surface area (Å²) in [5.74, 6) is -0.816. The Morgan fingerprint density at radius 3 is 2.50 bits per heavy atom. The molecular weight excluding hydrogens is 254 g/mol. The molecule has 1 aromatic rings. The first-order valence-corrected chi connectivity index (χ1v) is 6.98. The number of azide groups is 1. The summed E-state index contributed by atoms with van der Waals surface area (Å²) in [6.07, 6.45) is 3.87. The van der Waals surface area contributed by atoms with Crippen molar-refractivity contribution in [3.63, 3.8) is 0 Å². The molecule has 1 aromatic carbocycles. The van der Waals surface area contributed by atoms with Gasteiger partial charge in [0.25, 0.3) is 0 Å². The predicted molar refractivity (Wildman–Crippen MR) is 78.3 cm³/mol. The molecule has 1 atom stereocenters. The molecular formula is C15H21N3O2. The molecule has 0 aliphatic rings. The van der Waals surface area contributed by atoms with Crippen LogP contribution < -0.4 is 0 Å². The van der Waals surface area contributed by atoms with Crippen LogP contribution in [0, 0.1) is 0 Å². The van der Waals surface area contributed by atoms with Gasteiger partial charge in [-0.3, -0.25) is 4.79 Å². The zero-order valence-electron chi connectivity index (χ0n) is 11.8. The van der Waals surface area contributed by atoms with E-state index in [0.29, 0.717) is 12.8 Å². The first kappa shape index (κ1) is 16.1. The van der Waals surface area contributed by atoms with E-state index >= 15 is 0 Å². The average Bonchev–Trinajstić information content (AvgIpc) is 2.45. The maximum atomic E-state index is 10.7. The normalized spacial score (nSPS) is 13.2. The van der Waals surface area contributed by atoms with Gasteiger partial charge in [-0.2, -0.15) is 0 Å². The Balaban J connectivity index is 3.00. The summed E-state index contributed by atoms with van der Waals surface area (Å²) < 4.78 is 0. The van der Waals surface area contributed by atoms with Crippen molar-refractivity contribution in [3.8, 4) is 0 Å². The minimum atomic E-state index is -0.816. The quantitative estimate of drug-likeness (QED) is 0.404. The van der Waals surface area contributed by atoms with Crippen molar-refractivity contribution in [2.45, 2.75) is 51.0 Å². The number of hydrogen-bond acceptors (Lipinski definition) is 2. The van der Waals surface area contributed by atoms with E-state index in [1.807, 2.05) is 30.3 Å². The number of hydrogen-bond donors (Lipinski definition) is 1. The lowest BCUT2D eigenvalue weighted by Gasteiger charge is -2.29. The first-order chi connectivity index (χ1) is 9.64. The summed E-state index contributed by atoms with van der Waals surface area (Å²) in [6, 6.07) is 9.65. The molecule has 0 heterocycles. The molecule has 5 nitrogen and oxygen atoms in total. The van der Waals surface area contributed by atoms with Crippen molar-refractivity contribution < 1.29 is 9.90 Å². The second kappa shape index (κ2) is 8.23. The molecule has 1 unspecified atom stereocenters. The minimum absolute atomic E-state index is 0.0989. The number of rotatable bonds is 9. The third kappa shape index (κ3) is 4.59. The zero-order chi connectivity index (χ0) is 14.8. The van der Waals surface area contributed by atoms with E-state index in [0.717, 1.165) is 24.8 Å². The van der Waals surface area contributed by atoms with Gasteiger partial charge >= 0.3 is 5.97 Å². The van der Waals surface area contributed by atoms with Crippen LogP contribution >= 0.6 is 0 Å². The predicted octanol–water partition coefficient (Wildman–Crippen LogP) is 4.64. The second-order valence-electron chi connectivity index (χ2n) is 4.94. The molecule has 20 heavy (non-hydrogen) atoms. The monoisotopic (exact) mass is 275 g/mol. The fourth-order valence-corrected chi connectivity index (χ4v) is 2.41. The number of carboxylic acids is 1. The van der Waals surface area contributed by atoms with Crippen LogP contribution in [-0.4, -0.2) is 11.1 Å². The van der Waals surface area contributed by atoms with Crippen LogP contribution in [0.25, 0.3) is 10.4 Å². The highest BCUT2D eigenvalue weighted by Gasteiger charge is 2.30. The molecule has 0 aliphatic carbocycles. The van der Waals surface area contributed by atoms with Crippen molar-refractivity contribution in [2.75, 3.05) is 0 Å². The van der Waals surface area contributed by atoms with Gasteiger partial charge in [0.15, 0.2) is 0 Å². The van der Waals surface area contributed by atoms with Crippen molar-refractivity contribution in [3.05, 3.63) is 46.3 Å². The Kier molecular flexibility index (Phi) is 6.60. The minimum Gasteiger partial charge on any atom is -0.481 e. The molecule has 0 spiro atoms. The van der Waals surface area contributed by atoms with Gasteiger partial charge in [-0.25, -0.2) is 0 Å². The van der Waals surface area contributed by atoms with Crippen LogP contribution in [0.1, 0.15) is 51.0 Å². The Bertz CT molecular complexity index is 469. The lowest BCUT2D eigenvalue weighted by molar-refractivity contribution is -0.137. The van der Waals surface area contributed by atoms with Crippen LogP contribution in [0.2, 0.25) is 0 Å². The Morgan fingerprint density at radius 1 is 1.30 bits per heavy atom. The van der Waals surface area contributed by atoms with E-state index in [2.05, 4.69) is 16.9 Å². The molecule has 1 N–H and O–H groups in total. The van der Waals surface area contributed by atoms with Crippen LogP contribution in [0.4, 0.5) is 0 Å². The molecule has 0 bridgehead atoms. The fraction of sp³-hybridized carbons (Fsp3) is 0.533. The van der Waals surface area contributed by atoms with E-state index in [1.54, 1.807) is 0 Å². The van der Waals surface area contributed by atoms with E-state index in [9.17, 15) is 4.79 Å². The van der Waals surface area contributed by atoms with Crippen molar-refractivity contribution >= 4 is 5.97 Å². The number of carbonyl (C=O) groups is 1. The van der Waals surface area contributed by atoms with Gasteiger partial charge in [0.05, 0.1) is 5.54 Å². The molecule has 0 saturated carbocycles. The number of aliphatic carboxylic acids is 1. The summed E-state index contributed by atoms with van der Waals surface area (Å²) in [7, 11) is 0. The highest BCUT2D eigenvalue weighted by molar-refractivity contribution is 5.66. The van der Waals surface area contributed by atoms with Crippen molar-refractivity contribution in [1.82, 2.24) is 0 Å². The van der Waals surface area contributed by atoms with E-state index in [1.165, 1.54) is 0 Å². The van der Waals surface area contributed by atoms with Crippen molar-refractivity contribution in [2.24, 2.45) is 5.11 Å². The van der Waals surface area contributed by atoms with E-state index in [4.69, 9.17) is 10.6 Å². The number of carboxylic acid groups (broad SMARTS) is 1. The maximum Gasteiger partial charge on any atom is 0.303 e. The Labute approximate surface area is 119 Å². The number of unbranched alkanes of at least 4 members (excludes halogenated alkanes) is 1. The van der Waals surface area contributed by atoms with E-state index in [-0.39, 0.29) is 6.42 Å². The third-order valence-electron chi connectivity index (χ3n) is 3.47. The van der Waals surface area contributed by atoms with Crippen LogP contribution in [-0.2, 0) is 10.3 Å². The molecule has 108 valence electrons. The molecule has 1 rings (SSSR count). The maximum absolute atomic E-state index is 10.7. The standard InChI is InChI=1S/C15H21N3O2/c1-2-3-11-15(17-18-16,12-7-10-14(19)20)13-8-5-4-6-9-13/h4-6,8-9H,2-3,7,10-12H2,1H3,(H,19,20). The van der Waals surface area contributed by atoms with E-state index < -0.39 is 11.5 Å². The van der Waals surface area contributed by atoms with Gasteiger partial charge in [-0.05, 0) is 30.4 Å². The van der Waals surface area contributed by atoms with Gasteiger partial charge in [0.2, 0.25) is 0 Å². The van der Waals surface area contributed by atoms with Gasteiger partial charge in [-0.15, -0.1) is 0 Å². The summed E-state index contributed by atoms with van der Waals surface area (Å²) in [5.41, 5.74) is 9.26. The first-order valence-electron chi connectivity index (χ1n) is 6.98. The fourth-order valence-electron chi connectivity index (χ4n) is 2.41. The molecule has 0 amide bonds. The highest BCUT2D eigenvalue weighted by Crippen LogP contribution is 2.37. The van der Waals surface area contributed by atoms with Gasteiger partial charge in [0.1, 0.15) is 0 Å². The van der Waals surface area contributed by atoms with Crippen LogP contribution in [0.15, 0.2) is 35.4 Å².